The fraction of sp³-hybridized carbons (Fsp3) is 0.118. The standard InChI is InChI=1S/C70H65N3.C66H57N3O6/c1-7-52-15-33-64(34-16-52)71(62-29-11-50(5)12-30-62)68-41-23-56(24-42-68)59-47-60(57-25-43-69(44-26-57)72(63-31-13-51(6)14-32-63)65-35-17-53(8-2)18-36-65)49-61(48-59)58-27-45-70(46-28-58)73(66-37-19-54(9-3)20-38-66)67-39-21-55(10-4)22-40-67;1-70-61-31-19-55(20-32-61)67(56-21-33-62(71-2)34-22-56)52-13-7-46(8-14-52)49-43-50(47-9-15-53(16-10-47)68(57-23-35-63(72-3)36-24-57)58-25-37-64(73-4)38-26-58)45-51(44-49)48-11-17-54(18-12-48)69(59-27-39-65(74-5)40-28-59)60-29-41-66(75-6)42-30-60/h11-49H,7-10H2,1-6H3;7-45H,1-6H3. The summed E-state index contributed by atoms with van der Waals surface area (Å²) in [6.07, 6.45) is 4.03. The molecule has 732 valence electrons. The average Bonchev–Trinajstić information content (AvgIpc) is 0.806. The SMILES string of the molecule is CCc1ccc(N(c2ccc(C)cc2)c2ccc(-c3cc(-c4ccc(N(c5ccc(C)cc5)c5ccc(CC)cc5)cc4)cc(-c4ccc(N(c5ccc(CC)cc5)c5ccc(CC)cc5)cc4)c3)cc2)cc1.COc1ccc(N(c2ccc(OC)cc2)c2ccc(-c3cc(-c4ccc(N(c5ccc(OC)cc5)c5ccc(OC)cc5)cc4)cc(-c4ccc(N(c5ccc(OC)cc5)c5ccc(OC)cc5)cc4)c3)cc2)cc1. The van der Waals surface area contributed by atoms with Gasteiger partial charge in [0.25, 0.3) is 0 Å². The highest BCUT2D eigenvalue weighted by atomic mass is 16.5. The van der Waals surface area contributed by atoms with Gasteiger partial charge in [0.15, 0.2) is 0 Å². The van der Waals surface area contributed by atoms with E-state index in [0.717, 1.165) is 229 Å². The van der Waals surface area contributed by atoms with Gasteiger partial charge in [-0.15, -0.1) is 0 Å². The zero-order valence-electron chi connectivity index (χ0n) is 86.0. The highest BCUT2D eigenvalue weighted by Crippen LogP contribution is 2.48. The summed E-state index contributed by atoms with van der Waals surface area (Å²) in [4.78, 5) is 13.8. The summed E-state index contributed by atoms with van der Waals surface area (Å²) in [6.45, 7) is 13.1. The number of hydrogen-bond acceptors (Lipinski definition) is 12. The molecule has 0 bridgehead atoms. The van der Waals surface area contributed by atoms with E-state index in [2.05, 4.69) is 471 Å². The smallest absolute Gasteiger partial charge is 0.119 e. The molecule has 12 nitrogen and oxygen atoms in total. The molecule has 12 heteroatoms. The van der Waals surface area contributed by atoms with Gasteiger partial charge in [-0.2, -0.15) is 0 Å². The molecule has 0 radical (unpaired) electrons. The lowest BCUT2D eigenvalue weighted by atomic mass is 9.93. The van der Waals surface area contributed by atoms with Gasteiger partial charge in [0.2, 0.25) is 0 Å². The van der Waals surface area contributed by atoms with Crippen molar-refractivity contribution in [2.24, 2.45) is 0 Å². The van der Waals surface area contributed by atoms with Crippen molar-refractivity contribution in [2.75, 3.05) is 72.1 Å². The minimum Gasteiger partial charge on any atom is -0.497 e. The maximum absolute atomic E-state index is 5.52. The molecule has 20 aromatic rings. The van der Waals surface area contributed by atoms with Crippen LogP contribution in [-0.4, -0.2) is 42.7 Å². The molecule has 20 aromatic carbocycles. The number of aryl methyl sites for hydroxylation is 6. The first kappa shape index (κ1) is 98.8. The molecule has 0 aliphatic rings. The van der Waals surface area contributed by atoms with E-state index < -0.39 is 0 Å². The van der Waals surface area contributed by atoms with E-state index in [4.69, 9.17) is 28.4 Å². The van der Waals surface area contributed by atoms with E-state index in [1.807, 2.05) is 72.8 Å². The number of nitrogens with zero attached hydrogens (tertiary/aromatic N) is 6. The number of benzene rings is 20. The molecule has 148 heavy (non-hydrogen) atoms. The van der Waals surface area contributed by atoms with Gasteiger partial charge in [0.1, 0.15) is 34.5 Å². The lowest BCUT2D eigenvalue weighted by Crippen LogP contribution is -2.10. The van der Waals surface area contributed by atoms with Crippen molar-refractivity contribution in [2.45, 2.75) is 67.2 Å². The highest BCUT2D eigenvalue weighted by molar-refractivity contribution is 5.91. The first-order valence-corrected chi connectivity index (χ1v) is 50.7. The number of ether oxygens (including phenoxy) is 6. The lowest BCUT2D eigenvalue weighted by molar-refractivity contribution is 0.414. The van der Waals surface area contributed by atoms with E-state index in [9.17, 15) is 0 Å². The van der Waals surface area contributed by atoms with Crippen molar-refractivity contribution in [3.05, 3.63) is 507 Å². The Morgan fingerprint density at radius 1 is 0.128 bits per heavy atom. The van der Waals surface area contributed by atoms with Gasteiger partial charge in [-0.25, -0.2) is 0 Å². The third-order valence-corrected chi connectivity index (χ3v) is 27.6. The molecule has 0 aliphatic carbocycles. The summed E-state index contributed by atoms with van der Waals surface area (Å²) >= 11 is 0. The van der Waals surface area contributed by atoms with Crippen LogP contribution in [0.5, 0.6) is 34.5 Å². The second-order valence-electron chi connectivity index (χ2n) is 36.8. The topological polar surface area (TPSA) is 74.8 Å². The Morgan fingerprint density at radius 2 is 0.230 bits per heavy atom. The Bertz CT molecular complexity index is 7030. The van der Waals surface area contributed by atoms with E-state index >= 15 is 0 Å². The molecular weight excluding hydrogens is 1810 g/mol. The van der Waals surface area contributed by atoms with E-state index in [1.54, 1.807) is 42.7 Å². The van der Waals surface area contributed by atoms with Crippen LogP contribution in [0, 0.1) is 13.8 Å². The molecule has 0 atom stereocenters. The molecule has 0 heterocycles. The van der Waals surface area contributed by atoms with Gasteiger partial charge in [-0.3, -0.25) is 0 Å². The normalized spacial score (nSPS) is 10.9. The van der Waals surface area contributed by atoms with Crippen LogP contribution < -0.4 is 57.8 Å². The van der Waals surface area contributed by atoms with Gasteiger partial charge in [0.05, 0.1) is 42.7 Å². The first-order valence-electron chi connectivity index (χ1n) is 50.7. The molecular formula is C136H122N6O6. The zero-order valence-corrected chi connectivity index (χ0v) is 86.0. The van der Waals surface area contributed by atoms with Crippen LogP contribution in [0.25, 0.3) is 66.8 Å². The van der Waals surface area contributed by atoms with Crippen LogP contribution in [0.15, 0.2) is 473 Å². The third-order valence-electron chi connectivity index (χ3n) is 27.6. The Labute approximate surface area is 872 Å². The van der Waals surface area contributed by atoms with Crippen LogP contribution in [-0.2, 0) is 25.7 Å². The van der Waals surface area contributed by atoms with E-state index in [0.29, 0.717) is 0 Å². The Morgan fingerprint density at radius 3 is 0.338 bits per heavy atom. The largest absolute Gasteiger partial charge is 0.497 e. The molecule has 0 saturated carbocycles. The van der Waals surface area contributed by atoms with Crippen LogP contribution in [0.4, 0.5) is 102 Å². The quantitative estimate of drug-likeness (QED) is 0.0386. The molecule has 0 unspecified atom stereocenters. The predicted molar refractivity (Wildman–Crippen MR) is 620 cm³/mol. The van der Waals surface area contributed by atoms with Crippen molar-refractivity contribution >= 4 is 102 Å². The lowest BCUT2D eigenvalue weighted by Gasteiger charge is -2.26. The number of methoxy groups -OCH3 is 6. The fourth-order valence-corrected chi connectivity index (χ4v) is 19.1. The summed E-state index contributed by atoms with van der Waals surface area (Å²) in [5.74, 6) is 4.76. The number of hydrogen-bond donors (Lipinski definition) is 0. The summed E-state index contributed by atoms with van der Waals surface area (Å²) < 4.78 is 33.1. The van der Waals surface area contributed by atoms with Crippen LogP contribution in [0.1, 0.15) is 61.1 Å². The summed E-state index contributed by atoms with van der Waals surface area (Å²) in [5.41, 5.74) is 40.4. The van der Waals surface area contributed by atoms with Gasteiger partial charge in [0, 0.05) is 102 Å². The Hall–Kier alpha value is -18.0. The molecule has 0 spiro atoms. The second kappa shape index (κ2) is 46.2. The molecule has 20 rings (SSSR count). The first-order chi connectivity index (χ1) is 72.6. The predicted octanol–water partition coefficient (Wildman–Crippen LogP) is 37.1. The van der Waals surface area contributed by atoms with Crippen molar-refractivity contribution in [1.82, 2.24) is 0 Å². The van der Waals surface area contributed by atoms with Crippen LogP contribution in [0.2, 0.25) is 0 Å². The minimum atomic E-state index is 0.794. The molecule has 0 saturated heterocycles. The molecule has 0 aliphatic heterocycles. The van der Waals surface area contributed by atoms with E-state index in [-0.39, 0.29) is 0 Å². The monoisotopic (exact) mass is 1930 g/mol. The minimum absolute atomic E-state index is 0.794. The molecule has 0 aromatic heterocycles. The van der Waals surface area contributed by atoms with Gasteiger partial charge < -0.3 is 57.8 Å². The third kappa shape index (κ3) is 22.6. The second-order valence-corrected chi connectivity index (χ2v) is 36.8. The summed E-state index contributed by atoms with van der Waals surface area (Å²) in [6, 6.07) is 170. The summed E-state index contributed by atoms with van der Waals surface area (Å²) in [5, 5.41) is 0. The van der Waals surface area contributed by atoms with Crippen molar-refractivity contribution in [3.8, 4) is 101 Å². The van der Waals surface area contributed by atoms with Crippen LogP contribution >= 0.6 is 0 Å². The highest BCUT2D eigenvalue weighted by Gasteiger charge is 2.24. The zero-order chi connectivity index (χ0) is 102. The maximum atomic E-state index is 5.52. The van der Waals surface area contributed by atoms with Crippen molar-refractivity contribution < 1.29 is 28.4 Å². The van der Waals surface area contributed by atoms with Crippen molar-refractivity contribution in [3.63, 3.8) is 0 Å². The fourth-order valence-electron chi connectivity index (χ4n) is 19.1. The Kier molecular flexibility index (Phi) is 30.8. The van der Waals surface area contributed by atoms with Gasteiger partial charge >= 0.3 is 0 Å². The average molecular weight is 1940 g/mol. The maximum Gasteiger partial charge on any atom is 0.119 e. The van der Waals surface area contributed by atoms with Gasteiger partial charge in [-0.05, 0) is 456 Å². The van der Waals surface area contributed by atoms with Gasteiger partial charge in [-0.1, -0.05) is 184 Å². The molecule has 0 amide bonds. The summed E-state index contributed by atoms with van der Waals surface area (Å²) in [7, 11) is 10.1. The molecule has 0 N–H and O–H groups in total. The van der Waals surface area contributed by atoms with Crippen LogP contribution in [0.3, 0.4) is 0 Å². The Balaban J connectivity index is 0.000000186. The number of rotatable bonds is 34. The molecule has 0 fully saturated rings. The van der Waals surface area contributed by atoms with E-state index in [1.165, 1.54) is 33.4 Å². The van der Waals surface area contributed by atoms with Crippen molar-refractivity contribution in [1.29, 1.82) is 0 Å². The number of anilines is 18.